The second kappa shape index (κ2) is 18.1. The second-order valence-electron chi connectivity index (χ2n) is 18.5. The van der Waals surface area contributed by atoms with E-state index in [1.165, 1.54) is 12.1 Å². The summed E-state index contributed by atoms with van der Waals surface area (Å²) in [5.74, 6) is 0.950. The Bertz CT molecular complexity index is 4030. The van der Waals surface area contributed by atoms with Gasteiger partial charge in [-0.25, -0.2) is 15.0 Å². The maximum absolute atomic E-state index is 17.2. The molecule has 0 aliphatic carbocycles. The first-order valence-corrected chi connectivity index (χ1v) is 24.0. The Hall–Kier alpha value is -10.7. The van der Waals surface area contributed by atoms with Crippen LogP contribution < -0.4 is 0 Å². The van der Waals surface area contributed by atoms with Gasteiger partial charge in [-0.3, -0.25) is 0 Å². The molecular formula is C64H36F3N9. The quantitative estimate of drug-likeness (QED) is 0.155. The fourth-order valence-electron chi connectivity index (χ4n) is 10.4. The molecular weight excluding hydrogens is 952 g/mol. The van der Waals surface area contributed by atoms with Crippen LogP contribution in [0.4, 0.5) is 13.2 Å². The summed E-state index contributed by atoms with van der Waals surface area (Å²) in [4.78, 5) is 13.9. The monoisotopic (exact) mass is 987 g/mol. The van der Waals surface area contributed by atoms with Crippen molar-refractivity contribution in [1.82, 2.24) is 24.1 Å². The van der Waals surface area contributed by atoms with Crippen molar-refractivity contribution in [2.75, 3.05) is 0 Å². The van der Waals surface area contributed by atoms with Crippen molar-refractivity contribution in [2.45, 2.75) is 20.0 Å². The van der Waals surface area contributed by atoms with Crippen LogP contribution in [0.1, 0.15) is 39.5 Å². The molecule has 12 rings (SSSR count). The first kappa shape index (κ1) is 46.4. The Morgan fingerprint density at radius 3 is 0.855 bits per heavy atom. The van der Waals surface area contributed by atoms with Gasteiger partial charge >= 0.3 is 6.18 Å². The maximum atomic E-state index is 17.2. The summed E-state index contributed by atoms with van der Waals surface area (Å²) in [6.07, 6.45) is -5.01. The molecule has 0 N–H and O–H groups in total. The van der Waals surface area contributed by atoms with Crippen LogP contribution in [-0.4, -0.2) is 24.1 Å². The number of aryl methyl sites for hydroxylation is 2. The summed E-state index contributed by atoms with van der Waals surface area (Å²) < 4.78 is 55.1. The number of aromatic nitrogens is 5. The van der Waals surface area contributed by atoms with Gasteiger partial charge < -0.3 is 9.13 Å². The molecule has 0 amide bonds. The molecule has 0 saturated heterocycles. The zero-order chi connectivity index (χ0) is 52.4. The van der Waals surface area contributed by atoms with Crippen LogP contribution in [0, 0.1) is 59.2 Å². The molecule has 0 aliphatic heterocycles. The van der Waals surface area contributed by atoms with E-state index in [0.29, 0.717) is 83.1 Å². The highest BCUT2D eigenvalue weighted by atomic mass is 19.4. The number of fused-ring (bicyclic) bond motifs is 6. The van der Waals surface area contributed by atoms with Crippen molar-refractivity contribution in [3.63, 3.8) is 0 Å². The molecule has 9 nitrogen and oxygen atoms in total. The largest absolute Gasteiger partial charge is 0.420 e. The number of nitriles is 4. The van der Waals surface area contributed by atoms with E-state index in [2.05, 4.69) is 29.3 Å². The molecule has 12 heteroatoms. The van der Waals surface area contributed by atoms with E-state index in [1.54, 1.807) is 71.5 Å². The Morgan fingerprint density at radius 2 is 0.605 bits per heavy atom. The molecule has 12 aromatic rings. The van der Waals surface area contributed by atoms with Gasteiger partial charge in [0, 0.05) is 27.1 Å². The van der Waals surface area contributed by atoms with Gasteiger partial charge in [0.1, 0.15) is 17.2 Å². The molecule has 3 aromatic heterocycles. The number of benzene rings is 9. The summed E-state index contributed by atoms with van der Waals surface area (Å²) in [6.45, 7) is 3.43. The van der Waals surface area contributed by atoms with Gasteiger partial charge in [-0.15, -0.1) is 0 Å². The third kappa shape index (κ3) is 8.01. The molecule has 0 radical (unpaired) electrons. The number of alkyl halides is 3. The van der Waals surface area contributed by atoms with Crippen LogP contribution in [0.2, 0.25) is 0 Å². The minimum absolute atomic E-state index is 0.177. The number of hydrogen-bond acceptors (Lipinski definition) is 7. The fourth-order valence-corrected chi connectivity index (χ4v) is 10.4. The molecule has 0 unspecified atom stereocenters. The lowest BCUT2D eigenvalue weighted by Crippen LogP contribution is -2.16. The number of halogens is 3. The minimum Gasteiger partial charge on any atom is -0.308 e. The average molecular weight is 988 g/mol. The summed E-state index contributed by atoms with van der Waals surface area (Å²) in [6, 6.07) is 62.8. The number of nitrogens with zero attached hydrogens (tertiary/aromatic N) is 9. The minimum atomic E-state index is -5.01. The average Bonchev–Trinajstić information content (AvgIpc) is 4.04. The first-order valence-electron chi connectivity index (χ1n) is 24.0. The predicted molar refractivity (Wildman–Crippen MR) is 289 cm³/mol. The molecule has 0 spiro atoms. The number of hydrogen-bond donors (Lipinski definition) is 0. The summed E-state index contributed by atoms with van der Waals surface area (Å²) in [5.41, 5.74) is 8.72. The van der Waals surface area contributed by atoms with Crippen molar-refractivity contribution in [2.24, 2.45) is 0 Å². The third-order valence-electron chi connectivity index (χ3n) is 13.9. The molecule has 0 atom stereocenters. The van der Waals surface area contributed by atoms with Crippen molar-refractivity contribution < 1.29 is 13.2 Å². The summed E-state index contributed by atoms with van der Waals surface area (Å²) in [7, 11) is 0. The molecule has 0 saturated carbocycles. The van der Waals surface area contributed by atoms with Crippen LogP contribution in [0.3, 0.4) is 0 Å². The zero-order valence-electron chi connectivity index (χ0n) is 40.5. The highest BCUT2D eigenvalue weighted by Gasteiger charge is 2.40. The van der Waals surface area contributed by atoms with E-state index >= 15 is 13.2 Å². The lowest BCUT2D eigenvalue weighted by Gasteiger charge is -2.23. The van der Waals surface area contributed by atoms with E-state index in [9.17, 15) is 21.0 Å². The Balaban J connectivity index is 1.24. The third-order valence-corrected chi connectivity index (χ3v) is 13.9. The summed E-state index contributed by atoms with van der Waals surface area (Å²) >= 11 is 0. The lowest BCUT2D eigenvalue weighted by atomic mass is 10.0. The molecule has 0 fully saturated rings. The van der Waals surface area contributed by atoms with Crippen molar-refractivity contribution >= 4 is 43.6 Å². The van der Waals surface area contributed by atoms with Gasteiger partial charge in [-0.1, -0.05) is 97.1 Å². The van der Waals surface area contributed by atoms with Crippen LogP contribution in [0.5, 0.6) is 0 Å². The second-order valence-corrected chi connectivity index (χ2v) is 18.5. The normalized spacial score (nSPS) is 11.4. The first-order chi connectivity index (χ1) is 36.9. The van der Waals surface area contributed by atoms with Crippen LogP contribution in [-0.2, 0) is 6.18 Å². The lowest BCUT2D eigenvalue weighted by molar-refractivity contribution is -0.137. The van der Waals surface area contributed by atoms with Crippen LogP contribution in [0.15, 0.2) is 182 Å². The van der Waals surface area contributed by atoms with Crippen molar-refractivity contribution in [3.8, 4) is 91.5 Å². The molecule has 358 valence electrons. The highest BCUT2D eigenvalue weighted by molar-refractivity contribution is 6.13. The van der Waals surface area contributed by atoms with E-state index in [-0.39, 0.29) is 17.2 Å². The topological polar surface area (TPSA) is 144 Å². The molecule has 0 aliphatic rings. The standard InChI is InChI=1S/C64H36F3N9/c1-37-72-38(2)74-63(73-37)51-31-60(75-56-27-47(43-11-3-39(33-68)4-12-43)19-23-52(56)53-24-20-48(28-57(53)75)44-13-5-40(34-69)6-14-44)62(64(65,66)67)61(32-51)76-58-29-49(45-15-7-41(35-70)8-16-45)21-25-54(58)55-26-22-50(30-59(55)76)46-17-9-42(36-71)10-18-46/h3-32H,1-2H3. The van der Waals surface area contributed by atoms with Gasteiger partial charge in [0.05, 0.1) is 80.0 Å². The van der Waals surface area contributed by atoms with Gasteiger partial charge in [0.15, 0.2) is 5.82 Å². The maximum Gasteiger partial charge on any atom is 0.420 e. The van der Waals surface area contributed by atoms with Gasteiger partial charge in [0.2, 0.25) is 0 Å². The molecule has 3 heterocycles. The molecule has 0 bridgehead atoms. The molecule has 76 heavy (non-hydrogen) atoms. The van der Waals surface area contributed by atoms with Gasteiger partial charge in [-0.2, -0.15) is 34.2 Å². The van der Waals surface area contributed by atoms with E-state index in [1.807, 2.05) is 121 Å². The SMILES string of the molecule is Cc1nc(C)nc(-c2cc(-n3c4cc(-c5ccc(C#N)cc5)ccc4c4ccc(-c5ccc(C#N)cc5)cc43)c(C(F)(F)F)c(-n3c4cc(-c5ccc(C#N)cc5)ccc4c4ccc(-c5ccc(C#N)cc5)cc43)c2)n1. The Morgan fingerprint density at radius 1 is 0.342 bits per heavy atom. The Labute approximate surface area is 433 Å². The van der Waals surface area contributed by atoms with E-state index < -0.39 is 11.7 Å². The van der Waals surface area contributed by atoms with Gasteiger partial charge in [0.25, 0.3) is 0 Å². The van der Waals surface area contributed by atoms with Crippen molar-refractivity contribution in [3.05, 3.63) is 221 Å². The number of rotatable bonds is 7. The van der Waals surface area contributed by atoms with Gasteiger partial charge in [-0.05, 0) is 143 Å². The summed E-state index contributed by atoms with van der Waals surface area (Å²) in [5, 5.41) is 41.3. The predicted octanol–water partition coefficient (Wildman–Crippen LogP) is 15.5. The molecule has 9 aromatic carbocycles. The van der Waals surface area contributed by atoms with Crippen molar-refractivity contribution in [1.29, 1.82) is 21.0 Å². The van der Waals surface area contributed by atoms with Crippen LogP contribution in [0.25, 0.3) is 111 Å². The van der Waals surface area contributed by atoms with E-state index in [0.717, 1.165) is 44.5 Å². The van der Waals surface area contributed by atoms with E-state index in [4.69, 9.17) is 9.97 Å². The fraction of sp³-hybridized carbons (Fsp3) is 0.0469. The van der Waals surface area contributed by atoms with Crippen LogP contribution >= 0.6 is 0 Å². The smallest absolute Gasteiger partial charge is 0.308 e. The Kier molecular flexibility index (Phi) is 11.1. The zero-order valence-corrected chi connectivity index (χ0v) is 40.5. The highest BCUT2D eigenvalue weighted by Crippen LogP contribution is 2.47.